The van der Waals surface area contributed by atoms with Gasteiger partial charge in [0, 0.05) is 23.2 Å². The number of hydrogen-bond acceptors (Lipinski definition) is 4. The molecule has 132 valence electrons. The molecule has 2 aromatic rings. The smallest absolute Gasteiger partial charge is 0.278 e. The van der Waals surface area contributed by atoms with Crippen LogP contribution in [0.25, 0.3) is 0 Å². The topological polar surface area (TPSA) is 72.2 Å². The van der Waals surface area contributed by atoms with Crippen LogP contribution in [-0.2, 0) is 12.8 Å². The summed E-state index contributed by atoms with van der Waals surface area (Å²) in [5.41, 5.74) is 2.74. The Bertz CT molecular complexity index is 797. The van der Waals surface area contributed by atoms with Crippen molar-refractivity contribution in [3.8, 4) is 0 Å². The molecule has 3 rings (SSSR count). The summed E-state index contributed by atoms with van der Waals surface area (Å²) in [6, 6.07) is 6.84. The van der Waals surface area contributed by atoms with Crippen LogP contribution in [0.5, 0.6) is 0 Å². The molecule has 0 spiro atoms. The minimum absolute atomic E-state index is 0.00308. The maximum atomic E-state index is 12.6. The van der Waals surface area contributed by atoms with Crippen molar-refractivity contribution in [1.82, 2.24) is 5.16 Å². The first-order chi connectivity index (χ1) is 11.8. The van der Waals surface area contributed by atoms with E-state index in [1.807, 2.05) is 0 Å². The van der Waals surface area contributed by atoms with Gasteiger partial charge in [-0.1, -0.05) is 25.9 Å². The third-order valence-electron chi connectivity index (χ3n) is 5.03. The Hall–Kier alpha value is -2.43. The van der Waals surface area contributed by atoms with Gasteiger partial charge in [0.15, 0.2) is 11.5 Å². The van der Waals surface area contributed by atoms with Gasteiger partial charge in [0.25, 0.3) is 5.91 Å². The lowest BCUT2D eigenvalue weighted by Crippen LogP contribution is -2.27. The van der Waals surface area contributed by atoms with Crippen LogP contribution >= 0.6 is 0 Å². The van der Waals surface area contributed by atoms with Crippen LogP contribution in [0.2, 0.25) is 0 Å². The number of anilines is 1. The fourth-order valence-electron chi connectivity index (χ4n) is 3.30. The molecule has 1 unspecified atom stereocenters. The van der Waals surface area contributed by atoms with Gasteiger partial charge in [-0.2, -0.15) is 0 Å². The van der Waals surface area contributed by atoms with Crippen LogP contribution < -0.4 is 5.32 Å². The molecule has 1 aliphatic rings. The first-order valence-electron chi connectivity index (χ1n) is 8.65. The lowest BCUT2D eigenvalue weighted by molar-refractivity contribution is 0.101. The predicted octanol–water partition coefficient (Wildman–Crippen LogP) is 4.28. The second-order valence-corrected chi connectivity index (χ2v) is 7.83. The molecule has 1 aliphatic carbocycles. The number of rotatable bonds is 3. The summed E-state index contributed by atoms with van der Waals surface area (Å²) in [4.78, 5) is 23.9. The zero-order valence-corrected chi connectivity index (χ0v) is 15.2. The quantitative estimate of drug-likeness (QED) is 0.847. The van der Waals surface area contributed by atoms with Gasteiger partial charge in [-0.3, -0.25) is 9.59 Å². The van der Waals surface area contributed by atoms with E-state index in [0.717, 1.165) is 30.6 Å². The number of aryl methyl sites for hydroxylation is 1. The van der Waals surface area contributed by atoms with Gasteiger partial charge in [-0.15, -0.1) is 0 Å². The Morgan fingerprint density at radius 2 is 1.88 bits per heavy atom. The summed E-state index contributed by atoms with van der Waals surface area (Å²) in [6.45, 7) is 8.20. The zero-order chi connectivity index (χ0) is 18.2. The van der Waals surface area contributed by atoms with Gasteiger partial charge in [-0.05, 0) is 55.4 Å². The molecular weight excluding hydrogens is 316 g/mol. The van der Waals surface area contributed by atoms with Crippen LogP contribution in [0.3, 0.4) is 0 Å². The summed E-state index contributed by atoms with van der Waals surface area (Å²) in [5.74, 6) is 1.06. The molecule has 0 bridgehead atoms. The fraction of sp³-hybridized carbons (Fsp3) is 0.450. The minimum atomic E-state index is -0.268. The van der Waals surface area contributed by atoms with Crippen molar-refractivity contribution < 1.29 is 14.1 Å². The Kier molecular flexibility index (Phi) is 4.50. The molecule has 1 N–H and O–H groups in total. The van der Waals surface area contributed by atoms with Crippen LogP contribution in [0.15, 0.2) is 28.8 Å². The van der Waals surface area contributed by atoms with Gasteiger partial charge in [-0.25, -0.2) is 0 Å². The second-order valence-electron chi connectivity index (χ2n) is 7.83. The van der Waals surface area contributed by atoms with Gasteiger partial charge < -0.3 is 9.84 Å². The highest BCUT2D eigenvalue weighted by atomic mass is 16.5. The van der Waals surface area contributed by atoms with Gasteiger partial charge in [0.05, 0.1) is 0 Å². The van der Waals surface area contributed by atoms with Gasteiger partial charge in [0.2, 0.25) is 0 Å². The van der Waals surface area contributed by atoms with Crippen molar-refractivity contribution in [2.24, 2.45) is 11.3 Å². The number of fused-ring (bicyclic) bond motifs is 1. The van der Waals surface area contributed by atoms with Crippen LogP contribution in [0, 0.1) is 11.3 Å². The van der Waals surface area contributed by atoms with E-state index in [1.54, 1.807) is 24.3 Å². The maximum absolute atomic E-state index is 12.6. The lowest BCUT2D eigenvalue weighted by atomic mass is 9.71. The molecule has 0 saturated carbocycles. The van der Waals surface area contributed by atoms with Crippen molar-refractivity contribution >= 4 is 17.4 Å². The van der Waals surface area contributed by atoms with E-state index >= 15 is 0 Å². The van der Waals surface area contributed by atoms with E-state index in [9.17, 15) is 9.59 Å². The van der Waals surface area contributed by atoms with Crippen molar-refractivity contribution in [1.29, 1.82) is 0 Å². The van der Waals surface area contributed by atoms with E-state index < -0.39 is 0 Å². The van der Waals surface area contributed by atoms with E-state index in [0.29, 0.717) is 22.9 Å². The summed E-state index contributed by atoms with van der Waals surface area (Å²) >= 11 is 0. The molecular formula is C20H24N2O3. The monoisotopic (exact) mass is 340 g/mol. The number of amides is 1. The minimum Gasteiger partial charge on any atom is -0.360 e. The van der Waals surface area contributed by atoms with Crippen molar-refractivity contribution in [3.63, 3.8) is 0 Å². The normalized spacial score (nSPS) is 17.0. The molecule has 0 saturated heterocycles. The summed E-state index contributed by atoms with van der Waals surface area (Å²) in [7, 11) is 0. The van der Waals surface area contributed by atoms with E-state index in [2.05, 4.69) is 31.2 Å². The van der Waals surface area contributed by atoms with E-state index in [1.165, 1.54) is 6.92 Å². The molecule has 0 radical (unpaired) electrons. The van der Waals surface area contributed by atoms with Gasteiger partial charge >= 0.3 is 0 Å². The van der Waals surface area contributed by atoms with Gasteiger partial charge in [0.1, 0.15) is 5.76 Å². The first kappa shape index (κ1) is 17.4. The number of nitrogens with zero attached hydrogens (tertiary/aromatic N) is 1. The average molecular weight is 340 g/mol. The first-order valence-corrected chi connectivity index (χ1v) is 8.65. The SMILES string of the molecule is CC(=O)c1ccc(NC(=O)c2noc3c2CC(C(C)(C)C)CC3)cc1. The zero-order valence-electron chi connectivity index (χ0n) is 15.2. The third kappa shape index (κ3) is 3.65. The Morgan fingerprint density at radius 1 is 1.20 bits per heavy atom. The number of ketones is 1. The number of carbonyl (C=O) groups is 2. The lowest BCUT2D eigenvalue weighted by Gasteiger charge is -2.33. The average Bonchev–Trinajstić information content (AvgIpc) is 2.97. The Morgan fingerprint density at radius 3 is 2.48 bits per heavy atom. The Labute approximate surface area is 147 Å². The number of aromatic nitrogens is 1. The van der Waals surface area contributed by atoms with Crippen molar-refractivity contribution in [3.05, 3.63) is 46.8 Å². The highest BCUT2D eigenvalue weighted by Crippen LogP contribution is 2.38. The van der Waals surface area contributed by atoms with Crippen LogP contribution in [-0.4, -0.2) is 16.8 Å². The molecule has 1 amide bonds. The van der Waals surface area contributed by atoms with E-state index in [4.69, 9.17) is 4.52 Å². The summed E-state index contributed by atoms with van der Waals surface area (Å²) < 4.78 is 5.40. The predicted molar refractivity (Wildman–Crippen MR) is 95.9 cm³/mol. The molecule has 5 nitrogen and oxygen atoms in total. The number of carbonyl (C=O) groups excluding carboxylic acids is 2. The third-order valence-corrected chi connectivity index (χ3v) is 5.03. The number of Topliss-reactive ketones (excluding diaryl/α,β-unsaturated/α-hetero) is 1. The van der Waals surface area contributed by atoms with Crippen molar-refractivity contribution in [2.75, 3.05) is 5.32 Å². The largest absolute Gasteiger partial charge is 0.360 e. The number of benzene rings is 1. The molecule has 0 fully saturated rings. The molecule has 1 aromatic carbocycles. The highest BCUT2D eigenvalue weighted by molar-refractivity contribution is 6.04. The molecule has 1 aromatic heterocycles. The summed E-state index contributed by atoms with van der Waals surface area (Å²) in [5, 5.41) is 6.86. The molecule has 5 heteroatoms. The highest BCUT2D eigenvalue weighted by Gasteiger charge is 2.34. The summed E-state index contributed by atoms with van der Waals surface area (Å²) in [6.07, 6.45) is 2.69. The van der Waals surface area contributed by atoms with Crippen LogP contribution in [0.4, 0.5) is 5.69 Å². The standard InChI is InChI=1S/C20H24N2O3/c1-12(23)13-5-8-15(9-6-13)21-19(24)18-16-11-14(20(2,3)4)7-10-17(16)25-22-18/h5-6,8-9,14H,7,10-11H2,1-4H3,(H,21,24). The number of nitrogens with one attached hydrogen (secondary N) is 1. The maximum Gasteiger partial charge on any atom is 0.278 e. The molecule has 1 atom stereocenters. The van der Waals surface area contributed by atoms with Crippen LogP contribution in [0.1, 0.15) is 66.3 Å². The number of hydrogen-bond donors (Lipinski definition) is 1. The van der Waals surface area contributed by atoms with E-state index in [-0.39, 0.29) is 17.1 Å². The second kappa shape index (κ2) is 6.47. The Balaban J connectivity index is 1.78. The fourth-order valence-corrected chi connectivity index (χ4v) is 3.30. The van der Waals surface area contributed by atoms with Crippen molar-refractivity contribution in [2.45, 2.75) is 47.0 Å². The molecule has 0 aliphatic heterocycles. The molecule has 25 heavy (non-hydrogen) atoms. The molecule has 1 heterocycles.